The molecular weight excluding hydrogens is 367 g/mol. The number of hydrogen-bond acceptors (Lipinski definition) is 4. The van der Waals surface area contributed by atoms with E-state index < -0.39 is 0 Å². The molecule has 1 fully saturated rings. The highest BCUT2D eigenvalue weighted by Crippen LogP contribution is 2.32. The number of benzene rings is 1. The molecule has 5 rings (SSSR count). The maximum Gasteiger partial charge on any atom is 0.170 e. The van der Waals surface area contributed by atoms with Crippen molar-refractivity contribution in [3.63, 3.8) is 0 Å². The lowest BCUT2D eigenvalue weighted by Gasteiger charge is -2.31. The number of hydrogen-bond donors (Lipinski definition) is 0. The lowest BCUT2D eigenvalue weighted by Crippen LogP contribution is -2.33. The van der Waals surface area contributed by atoms with Crippen LogP contribution in [0.3, 0.4) is 0 Å². The number of likely N-dealkylation sites (tertiary alicyclic amines) is 1. The summed E-state index contributed by atoms with van der Waals surface area (Å²) >= 11 is 0. The summed E-state index contributed by atoms with van der Waals surface area (Å²) in [5, 5.41) is 6.41. The highest BCUT2D eigenvalue weighted by Gasteiger charge is 2.24. The van der Waals surface area contributed by atoms with Crippen molar-refractivity contribution in [1.82, 2.24) is 19.6 Å². The average molecular weight is 392 g/mol. The molecule has 5 nitrogen and oxygen atoms in total. The van der Waals surface area contributed by atoms with Crippen LogP contribution in [0, 0.1) is 5.82 Å². The molecule has 150 valence electrons. The molecule has 29 heavy (non-hydrogen) atoms. The molecule has 1 aliphatic heterocycles. The molecular formula is C23H25FN4O. The molecule has 0 atom stereocenters. The molecule has 1 aliphatic rings. The topological polar surface area (TPSA) is 47.1 Å². The number of fused-ring (bicyclic) bond motifs is 2. The van der Waals surface area contributed by atoms with Crippen LogP contribution >= 0.6 is 0 Å². The Morgan fingerprint density at radius 3 is 2.83 bits per heavy atom. The van der Waals surface area contributed by atoms with Crippen LogP contribution in [0.5, 0.6) is 0 Å². The van der Waals surface area contributed by atoms with Crippen LogP contribution in [0.25, 0.3) is 22.0 Å². The van der Waals surface area contributed by atoms with Gasteiger partial charge in [0.25, 0.3) is 0 Å². The molecule has 0 spiro atoms. The first kappa shape index (κ1) is 18.3. The lowest BCUT2D eigenvalue weighted by atomic mass is 9.91. The van der Waals surface area contributed by atoms with E-state index in [0.717, 1.165) is 62.2 Å². The second-order valence-corrected chi connectivity index (χ2v) is 7.96. The predicted molar refractivity (Wildman–Crippen MR) is 111 cm³/mol. The fraction of sp³-hybridized carbons (Fsp3) is 0.391. The Morgan fingerprint density at radius 1 is 1.07 bits per heavy atom. The van der Waals surface area contributed by atoms with Crippen molar-refractivity contribution in [2.45, 2.75) is 38.1 Å². The summed E-state index contributed by atoms with van der Waals surface area (Å²) in [5.74, 6) is 0.119. The molecule has 0 amide bonds. The van der Waals surface area contributed by atoms with Gasteiger partial charge in [0.1, 0.15) is 11.5 Å². The van der Waals surface area contributed by atoms with E-state index >= 15 is 0 Å². The third kappa shape index (κ3) is 3.77. The van der Waals surface area contributed by atoms with Crippen LogP contribution in [0.1, 0.15) is 37.3 Å². The van der Waals surface area contributed by atoms with Crippen LogP contribution in [-0.4, -0.2) is 39.2 Å². The number of aryl methyl sites for hydroxylation is 1. The maximum absolute atomic E-state index is 13.4. The van der Waals surface area contributed by atoms with Crippen LogP contribution in [0.2, 0.25) is 0 Å². The van der Waals surface area contributed by atoms with Crippen molar-refractivity contribution < 1.29 is 8.91 Å². The van der Waals surface area contributed by atoms with Gasteiger partial charge >= 0.3 is 0 Å². The molecule has 0 unspecified atom stereocenters. The Labute approximate surface area is 169 Å². The van der Waals surface area contributed by atoms with E-state index in [2.05, 4.69) is 37.9 Å². The van der Waals surface area contributed by atoms with Crippen molar-refractivity contribution >= 4 is 22.0 Å². The molecule has 1 saturated heterocycles. The summed E-state index contributed by atoms with van der Waals surface area (Å²) in [7, 11) is 0. The number of piperidine rings is 1. The van der Waals surface area contributed by atoms with Gasteiger partial charge in [-0.05, 0) is 75.6 Å². The van der Waals surface area contributed by atoms with Gasteiger partial charge in [-0.1, -0.05) is 5.16 Å². The largest absolute Gasteiger partial charge is 0.356 e. The van der Waals surface area contributed by atoms with Gasteiger partial charge in [0, 0.05) is 41.7 Å². The first-order valence-corrected chi connectivity index (χ1v) is 10.4. The molecule has 0 aliphatic carbocycles. The minimum absolute atomic E-state index is 0.279. The first-order valence-electron chi connectivity index (χ1n) is 10.4. The van der Waals surface area contributed by atoms with Gasteiger partial charge in [0.05, 0.1) is 5.69 Å². The molecule has 6 heteroatoms. The molecule has 0 N–H and O–H groups in total. The molecule has 0 saturated carbocycles. The van der Waals surface area contributed by atoms with E-state index in [-0.39, 0.29) is 5.82 Å². The molecule has 1 aromatic carbocycles. The van der Waals surface area contributed by atoms with Gasteiger partial charge in [0.15, 0.2) is 5.58 Å². The minimum atomic E-state index is -0.279. The number of aromatic nitrogens is 3. The number of unbranched alkanes of at least 4 members (excludes halogenated alkanes) is 1. The monoisotopic (exact) mass is 392 g/mol. The Morgan fingerprint density at radius 2 is 1.93 bits per heavy atom. The zero-order valence-electron chi connectivity index (χ0n) is 16.4. The standard InChI is InChI=1S/C23H25FN4O/c24-19-5-6-20-21(16-19)29-26-22(20)17-7-13-27(14-8-17)11-1-2-12-28-15-9-18-4-3-10-25-23(18)28/h3-6,9-10,15-17H,1-2,7-8,11-14H2. The quantitative estimate of drug-likeness (QED) is 0.434. The predicted octanol–water partition coefficient (Wildman–Crippen LogP) is 4.98. The Bertz CT molecular complexity index is 1110. The Hall–Kier alpha value is -2.73. The van der Waals surface area contributed by atoms with Crippen molar-refractivity contribution in [3.05, 3.63) is 60.3 Å². The molecule has 0 bridgehead atoms. The van der Waals surface area contributed by atoms with E-state index in [9.17, 15) is 4.39 Å². The first-order chi connectivity index (χ1) is 14.3. The van der Waals surface area contributed by atoms with E-state index in [1.54, 1.807) is 6.07 Å². The Balaban J connectivity index is 1.11. The fourth-order valence-electron chi connectivity index (χ4n) is 4.47. The van der Waals surface area contributed by atoms with Crippen LogP contribution in [0.4, 0.5) is 4.39 Å². The highest BCUT2D eigenvalue weighted by atomic mass is 19.1. The van der Waals surface area contributed by atoms with Crippen LogP contribution in [-0.2, 0) is 6.54 Å². The molecule has 4 aromatic rings. The summed E-state index contributed by atoms with van der Waals surface area (Å²) in [5.41, 5.74) is 2.62. The smallest absolute Gasteiger partial charge is 0.170 e. The fourth-order valence-corrected chi connectivity index (χ4v) is 4.47. The Kier molecular flexibility index (Phi) is 5.02. The van der Waals surface area contributed by atoms with E-state index in [1.165, 1.54) is 23.9 Å². The maximum atomic E-state index is 13.4. The highest BCUT2D eigenvalue weighted by molar-refractivity contribution is 5.80. The number of halogens is 1. The summed E-state index contributed by atoms with van der Waals surface area (Å²) in [6.45, 7) is 4.30. The summed E-state index contributed by atoms with van der Waals surface area (Å²) in [6.07, 6.45) is 8.48. The van der Waals surface area contributed by atoms with E-state index in [4.69, 9.17) is 4.52 Å². The lowest BCUT2D eigenvalue weighted by molar-refractivity contribution is 0.205. The van der Waals surface area contributed by atoms with Gasteiger partial charge in [-0.2, -0.15) is 0 Å². The van der Waals surface area contributed by atoms with Gasteiger partial charge in [-0.3, -0.25) is 0 Å². The van der Waals surface area contributed by atoms with Crippen molar-refractivity contribution in [3.8, 4) is 0 Å². The zero-order valence-corrected chi connectivity index (χ0v) is 16.4. The van der Waals surface area contributed by atoms with Gasteiger partial charge < -0.3 is 14.0 Å². The third-order valence-electron chi connectivity index (χ3n) is 6.08. The van der Waals surface area contributed by atoms with Gasteiger partial charge in [0.2, 0.25) is 0 Å². The molecule has 0 radical (unpaired) electrons. The normalized spacial score (nSPS) is 16.2. The van der Waals surface area contributed by atoms with E-state index in [0.29, 0.717) is 11.5 Å². The summed E-state index contributed by atoms with van der Waals surface area (Å²) < 4.78 is 20.9. The van der Waals surface area contributed by atoms with Crippen molar-refractivity contribution in [1.29, 1.82) is 0 Å². The van der Waals surface area contributed by atoms with Crippen molar-refractivity contribution in [2.75, 3.05) is 19.6 Å². The molecule has 3 aromatic heterocycles. The van der Waals surface area contributed by atoms with Crippen LogP contribution in [0.15, 0.2) is 53.3 Å². The zero-order chi connectivity index (χ0) is 19.6. The second-order valence-electron chi connectivity index (χ2n) is 7.96. The van der Waals surface area contributed by atoms with Gasteiger partial charge in [-0.15, -0.1) is 0 Å². The van der Waals surface area contributed by atoms with Crippen LogP contribution < -0.4 is 0 Å². The third-order valence-corrected chi connectivity index (χ3v) is 6.08. The van der Waals surface area contributed by atoms with E-state index in [1.807, 2.05) is 12.3 Å². The number of rotatable bonds is 6. The molecule has 4 heterocycles. The summed E-state index contributed by atoms with van der Waals surface area (Å²) in [6, 6.07) is 10.9. The number of pyridine rings is 1. The minimum Gasteiger partial charge on any atom is -0.356 e. The summed E-state index contributed by atoms with van der Waals surface area (Å²) in [4.78, 5) is 7.03. The second kappa shape index (κ2) is 7.95. The average Bonchev–Trinajstić information content (AvgIpc) is 3.35. The number of nitrogens with zero attached hydrogens (tertiary/aromatic N) is 4. The van der Waals surface area contributed by atoms with Crippen molar-refractivity contribution in [2.24, 2.45) is 0 Å². The van der Waals surface area contributed by atoms with Gasteiger partial charge in [-0.25, -0.2) is 9.37 Å². The SMILES string of the molecule is Fc1ccc2c(C3CCN(CCCCn4ccc5cccnc54)CC3)noc2c1.